The lowest BCUT2D eigenvalue weighted by Crippen LogP contribution is -2.50. The van der Waals surface area contributed by atoms with Crippen LogP contribution in [0.15, 0.2) is 0 Å². The van der Waals surface area contributed by atoms with Crippen LogP contribution >= 0.6 is 0 Å². The lowest BCUT2D eigenvalue weighted by molar-refractivity contribution is -0.622. The van der Waals surface area contributed by atoms with E-state index in [9.17, 15) is 14.8 Å². The molecule has 0 N–H and O–H groups in total. The fourth-order valence-electron chi connectivity index (χ4n) is 3.22. The van der Waals surface area contributed by atoms with Crippen LogP contribution in [0.2, 0.25) is 0 Å². The van der Waals surface area contributed by atoms with Crippen molar-refractivity contribution < 1.29 is 23.8 Å². The molecule has 2 heterocycles. The number of ether oxygens (including phenoxy) is 2. The smallest absolute Gasteiger partial charge is 0.324 e. The molecule has 1 aliphatic heterocycles. The van der Waals surface area contributed by atoms with Gasteiger partial charge in [-0.05, 0) is 12.3 Å². The number of nitrogens with zero attached hydrogens (tertiary/aromatic N) is 2. The summed E-state index contributed by atoms with van der Waals surface area (Å²) in [5.74, 6) is -3.72. The maximum absolute atomic E-state index is 12.6. The summed E-state index contributed by atoms with van der Waals surface area (Å²) < 4.78 is 13.1. The van der Waals surface area contributed by atoms with Crippen molar-refractivity contribution in [3.8, 4) is 0 Å². The zero-order valence-corrected chi connectivity index (χ0v) is 15.4. The highest BCUT2D eigenvalue weighted by atomic mass is 16.7. The summed E-state index contributed by atoms with van der Waals surface area (Å²) in [5, 5.41) is 12.6. The average molecular weight is 338 g/mol. The third kappa shape index (κ3) is 3.12. The third-order valence-corrected chi connectivity index (χ3v) is 4.54. The molecule has 0 amide bonds. The van der Waals surface area contributed by atoms with Crippen molar-refractivity contribution in [1.82, 2.24) is 4.57 Å². The van der Waals surface area contributed by atoms with E-state index in [2.05, 4.69) is 0 Å². The SMILES string of the molecule is Cc1c(C)[n+]([O-])c([C@@H](CC(C)C)C2C(=O)OC(C)(C)OC2=O)n1C. The molecule has 0 unspecified atom stereocenters. The molecule has 7 nitrogen and oxygen atoms in total. The van der Waals surface area contributed by atoms with Gasteiger partial charge in [-0.3, -0.25) is 9.59 Å². The molecular weight excluding hydrogens is 312 g/mol. The lowest BCUT2D eigenvalue weighted by Gasteiger charge is -2.35. The summed E-state index contributed by atoms with van der Waals surface area (Å²) in [4.78, 5) is 25.0. The Balaban J connectivity index is 2.53. The van der Waals surface area contributed by atoms with Crippen LogP contribution in [0.5, 0.6) is 0 Å². The van der Waals surface area contributed by atoms with Gasteiger partial charge in [0.1, 0.15) is 11.4 Å². The summed E-state index contributed by atoms with van der Waals surface area (Å²) in [6, 6.07) is 0. The molecule has 7 heteroatoms. The molecule has 24 heavy (non-hydrogen) atoms. The number of aromatic nitrogens is 2. The summed E-state index contributed by atoms with van der Waals surface area (Å²) >= 11 is 0. The highest BCUT2D eigenvalue weighted by Crippen LogP contribution is 2.36. The molecule has 1 saturated heterocycles. The topological polar surface area (TPSA) is 84.5 Å². The van der Waals surface area contributed by atoms with Crippen molar-refractivity contribution >= 4 is 11.9 Å². The monoisotopic (exact) mass is 338 g/mol. The molecule has 1 aliphatic rings. The third-order valence-electron chi connectivity index (χ3n) is 4.54. The summed E-state index contributed by atoms with van der Waals surface area (Å²) in [6.45, 7) is 10.5. The molecule has 0 spiro atoms. The van der Waals surface area contributed by atoms with Gasteiger partial charge in [-0.25, -0.2) is 9.30 Å². The van der Waals surface area contributed by atoms with E-state index in [1.807, 2.05) is 20.8 Å². The van der Waals surface area contributed by atoms with E-state index in [1.165, 1.54) is 13.8 Å². The number of hydrogen-bond donors (Lipinski definition) is 0. The van der Waals surface area contributed by atoms with Crippen LogP contribution in [-0.4, -0.2) is 22.3 Å². The second-order valence-corrected chi connectivity index (χ2v) is 7.34. The quantitative estimate of drug-likeness (QED) is 0.362. The van der Waals surface area contributed by atoms with E-state index in [0.717, 1.165) is 10.4 Å². The Bertz CT molecular complexity index is 630. The van der Waals surface area contributed by atoms with Crippen LogP contribution in [-0.2, 0) is 26.1 Å². The van der Waals surface area contributed by atoms with E-state index in [1.54, 1.807) is 18.5 Å². The Hall–Kier alpha value is -2.05. The van der Waals surface area contributed by atoms with Gasteiger partial charge in [0, 0.05) is 27.7 Å². The van der Waals surface area contributed by atoms with E-state index < -0.39 is 29.6 Å². The van der Waals surface area contributed by atoms with Gasteiger partial charge in [-0.1, -0.05) is 13.8 Å². The molecule has 1 aromatic heterocycles. The molecule has 0 aliphatic carbocycles. The minimum absolute atomic E-state index is 0.182. The Morgan fingerprint density at radius 3 is 2.08 bits per heavy atom. The summed E-state index contributed by atoms with van der Waals surface area (Å²) in [7, 11) is 1.77. The van der Waals surface area contributed by atoms with E-state index in [-0.39, 0.29) is 5.92 Å². The number of carbonyl (C=O) groups is 2. The molecule has 0 aromatic carbocycles. The zero-order valence-electron chi connectivity index (χ0n) is 15.4. The first-order valence-corrected chi connectivity index (χ1v) is 8.17. The number of cyclic esters (lactones) is 2. The maximum atomic E-state index is 12.6. The molecular formula is C17H26N2O5. The second kappa shape index (κ2) is 6.11. The predicted octanol–water partition coefficient (Wildman–Crippen LogP) is 1.86. The number of carbonyl (C=O) groups excluding carboxylic acids is 2. The second-order valence-electron chi connectivity index (χ2n) is 7.34. The van der Waals surface area contributed by atoms with Crippen molar-refractivity contribution in [2.24, 2.45) is 18.9 Å². The lowest BCUT2D eigenvalue weighted by atomic mass is 9.84. The van der Waals surface area contributed by atoms with E-state index >= 15 is 0 Å². The molecule has 1 aromatic rings. The van der Waals surface area contributed by atoms with Crippen molar-refractivity contribution in [3.05, 3.63) is 22.4 Å². The Labute approximate surface area is 142 Å². The fourth-order valence-corrected chi connectivity index (χ4v) is 3.22. The minimum atomic E-state index is -1.28. The number of hydrogen-bond acceptors (Lipinski definition) is 5. The Kier molecular flexibility index (Phi) is 4.65. The highest BCUT2D eigenvalue weighted by Gasteiger charge is 2.50. The maximum Gasteiger partial charge on any atom is 0.324 e. The average Bonchev–Trinajstić information content (AvgIpc) is 2.59. The van der Waals surface area contributed by atoms with Crippen LogP contribution < -0.4 is 4.73 Å². The van der Waals surface area contributed by atoms with Gasteiger partial charge in [0.05, 0.1) is 13.0 Å². The molecule has 0 bridgehead atoms. The van der Waals surface area contributed by atoms with Crippen LogP contribution in [0.1, 0.15) is 57.2 Å². The number of imidazole rings is 1. The van der Waals surface area contributed by atoms with Gasteiger partial charge >= 0.3 is 11.9 Å². The van der Waals surface area contributed by atoms with Gasteiger partial charge < -0.3 is 14.7 Å². The first kappa shape index (κ1) is 18.3. The first-order chi connectivity index (χ1) is 11.0. The van der Waals surface area contributed by atoms with Gasteiger partial charge in [0.25, 0.3) is 11.6 Å². The summed E-state index contributed by atoms with van der Waals surface area (Å²) in [6.07, 6.45) is 0.494. The predicted molar refractivity (Wildman–Crippen MR) is 85.8 cm³/mol. The molecule has 1 fully saturated rings. The first-order valence-electron chi connectivity index (χ1n) is 8.17. The largest absolute Gasteiger partial charge is 0.711 e. The zero-order chi connectivity index (χ0) is 18.4. The highest BCUT2D eigenvalue weighted by molar-refractivity contribution is 5.97. The minimum Gasteiger partial charge on any atom is -0.711 e. The van der Waals surface area contributed by atoms with Crippen LogP contribution in [0.4, 0.5) is 0 Å². The Morgan fingerprint density at radius 2 is 1.71 bits per heavy atom. The van der Waals surface area contributed by atoms with Crippen LogP contribution in [0, 0.1) is 30.9 Å². The molecule has 0 saturated carbocycles. The molecule has 2 rings (SSSR count). The van der Waals surface area contributed by atoms with Gasteiger partial charge in [-0.15, -0.1) is 0 Å². The van der Waals surface area contributed by atoms with Crippen molar-refractivity contribution in [1.29, 1.82) is 0 Å². The van der Waals surface area contributed by atoms with E-state index in [0.29, 0.717) is 17.9 Å². The van der Waals surface area contributed by atoms with Crippen LogP contribution in [0.3, 0.4) is 0 Å². The molecule has 134 valence electrons. The van der Waals surface area contributed by atoms with Crippen LogP contribution in [0.25, 0.3) is 0 Å². The van der Waals surface area contributed by atoms with Crippen molar-refractivity contribution in [3.63, 3.8) is 0 Å². The van der Waals surface area contributed by atoms with Gasteiger partial charge in [0.2, 0.25) is 0 Å². The van der Waals surface area contributed by atoms with Crippen molar-refractivity contribution in [2.45, 2.75) is 59.7 Å². The molecule has 0 radical (unpaired) electrons. The van der Waals surface area contributed by atoms with Gasteiger partial charge in [0.15, 0.2) is 5.92 Å². The number of esters is 2. The fraction of sp³-hybridized carbons (Fsp3) is 0.706. The van der Waals surface area contributed by atoms with Crippen molar-refractivity contribution in [2.75, 3.05) is 0 Å². The normalized spacial score (nSPS) is 19.3. The number of rotatable bonds is 4. The van der Waals surface area contributed by atoms with E-state index in [4.69, 9.17) is 9.47 Å². The molecule has 1 atom stereocenters. The summed E-state index contributed by atoms with van der Waals surface area (Å²) in [5.41, 5.74) is 1.35. The Morgan fingerprint density at radius 1 is 1.21 bits per heavy atom. The van der Waals surface area contributed by atoms with Gasteiger partial charge in [-0.2, -0.15) is 0 Å². The standard InChI is InChI=1S/C17H26N2O5/c1-9(2)8-12(14-18(7)10(3)11(4)19(14)22)13-15(20)23-17(5,6)24-16(13)21/h9,12-13H,8H2,1-7H3/t12-/m0/s1.